The van der Waals surface area contributed by atoms with Crippen molar-refractivity contribution in [3.8, 4) is 0 Å². The van der Waals surface area contributed by atoms with Gasteiger partial charge in [-0.2, -0.15) is 0 Å². The molecule has 1 amide bonds. The summed E-state index contributed by atoms with van der Waals surface area (Å²) in [4.78, 5) is 24.7. The molecule has 1 aliphatic carbocycles. The molecule has 0 spiro atoms. The first-order valence-corrected chi connectivity index (χ1v) is 20.0. The zero-order valence-corrected chi connectivity index (χ0v) is 32.5. The molecule has 0 bridgehead atoms. The summed E-state index contributed by atoms with van der Waals surface area (Å²) in [5.74, 6) is -6.84. The number of carboxylic acid groups (broad SMARTS) is 1. The number of carboxylic acids is 1. The number of carbonyl (C=O) groups excluding carboxylic acids is 1. The van der Waals surface area contributed by atoms with E-state index in [4.69, 9.17) is 28.4 Å². The lowest BCUT2D eigenvalue weighted by Crippen LogP contribution is -2.72. The van der Waals surface area contributed by atoms with Crippen LogP contribution >= 0.6 is 0 Å². The predicted molar refractivity (Wildman–Crippen MR) is 191 cm³/mol. The summed E-state index contributed by atoms with van der Waals surface area (Å²) in [6.45, 7) is 3.34. The van der Waals surface area contributed by atoms with Crippen molar-refractivity contribution in [2.24, 2.45) is 17.8 Å². The summed E-state index contributed by atoms with van der Waals surface area (Å²) in [5, 5.41) is 108. The zero-order chi connectivity index (χ0) is 41.3. The first kappa shape index (κ1) is 47.0. The number of rotatable bonds is 22. The fourth-order valence-corrected chi connectivity index (χ4v) is 8.17. The molecule has 0 radical (unpaired) electrons. The number of unbranched alkanes of at least 4 members (excludes halogenated alkanes) is 7. The summed E-state index contributed by atoms with van der Waals surface area (Å²) in [5.41, 5.74) is 0. The molecule has 326 valence electrons. The van der Waals surface area contributed by atoms with E-state index in [2.05, 4.69) is 12.2 Å². The molecule has 19 nitrogen and oxygen atoms in total. The van der Waals surface area contributed by atoms with Crippen LogP contribution in [0.2, 0.25) is 0 Å². The highest BCUT2D eigenvalue weighted by atomic mass is 16.8. The van der Waals surface area contributed by atoms with E-state index in [1.165, 1.54) is 39.0 Å². The highest BCUT2D eigenvalue weighted by Crippen LogP contribution is 2.49. The molecule has 0 aromatic heterocycles. The molecule has 4 fully saturated rings. The summed E-state index contributed by atoms with van der Waals surface area (Å²) in [6.07, 6.45) is -10.7. The number of hydrogen-bond acceptors (Lipinski definition) is 17. The van der Waals surface area contributed by atoms with E-state index >= 15 is 0 Å². The van der Waals surface area contributed by atoms with Crippen LogP contribution in [0.3, 0.4) is 0 Å². The van der Waals surface area contributed by atoms with Gasteiger partial charge in [0.05, 0.1) is 50.8 Å². The number of carbonyl (C=O) groups is 2. The maximum Gasteiger partial charge on any atom is 0.364 e. The summed E-state index contributed by atoms with van der Waals surface area (Å²) in [6, 6.07) is -1.21. The third-order valence-corrected chi connectivity index (χ3v) is 11.5. The van der Waals surface area contributed by atoms with E-state index < -0.39 is 142 Å². The van der Waals surface area contributed by atoms with Crippen molar-refractivity contribution in [2.75, 3.05) is 26.4 Å². The van der Waals surface area contributed by atoms with E-state index in [0.717, 1.165) is 25.7 Å². The van der Waals surface area contributed by atoms with Crippen LogP contribution in [0.1, 0.15) is 85.0 Å². The Balaban J connectivity index is 1.39. The van der Waals surface area contributed by atoms with Gasteiger partial charge >= 0.3 is 5.97 Å². The number of hydrogen-bond donors (Lipinski definition) is 11. The van der Waals surface area contributed by atoms with Crippen molar-refractivity contribution in [1.29, 1.82) is 0 Å². The fourth-order valence-electron chi connectivity index (χ4n) is 8.17. The second-order valence-electron chi connectivity index (χ2n) is 15.9. The first-order chi connectivity index (χ1) is 26.6. The second-order valence-corrected chi connectivity index (χ2v) is 15.9. The van der Waals surface area contributed by atoms with Crippen molar-refractivity contribution in [2.45, 2.75) is 177 Å². The van der Waals surface area contributed by atoms with Crippen LogP contribution in [0.25, 0.3) is 0 Å². The lowest BCUT2D eigenvalue weighted by molar-refractivity contribution is -0.377. The second kappa shape index (κ2) is 21.6. The zero-order valence-electron chi connectivity index (χ0n) is 32.5. The molecule has 14 unspecified atom stereocenters. The van der Waals surface area contributed by atoms with Crippen LogP contribution in [0.15, 0.2) is 0 Å². The van der Waals surface area contributed by atoms with E-state index in [1.807, 2.05) is 6.92 Å². The number of ether oxygens (including phenoxy) is 6. The predicted octanol–water partition coefficient (Wildman–Crippen LogP) is -2.15. The Morgan fingerprint density at radius 3 is 2.11 bits per heavy atom. The number of aliphatic carboxylic acids is 1. The minimum Gasteiger partial charge on any atom is -0.477 e. The minimum atomic E-state index is -2.59. The topological polar surface area (TPSA) is 304 Å². The van der Waals surface area contributed by atoms with Gasteiger partial charge in [-0.3, -0.25) is 4.79 Å². The normalized spacial score (nSPS) is 41.0. The van der Waals surface area contributed by atoms with Gasteiger partial charge in [-0.25, -0.2) is 4.79 Å². The molecule has 3 aliphatic heterocycles. The number of aliphatic hydroxyl groups is 9. The lowest BCUT2D eigenvalue weighted by atomic mass is 9.61. The smallest absolute Gasteiger partial charge is 0.364 e. The molecule has 3 saturated heterocycles. The maximum atomic E-state index is 12.5. The van der Waals surface area contributed by atoms with Gasteiger partial charge in [0, 0.05) is 25.2 Å². The molecule has 0 aromatic carbocycles. The largest absolute Gasteiger partial charge is 0.477 e. The quantitative estimate of drug-likeness (QED) is 0.0520. The highest BCUT2D eigenvalue weighted by Gasteiger charge is 2.65. The SMILES string of the molecule is CCCCCCCCCCC(C)COC1OC(CO)C(OC2OC(CO[C@]3(C(=O)O)C[C@@H](O)C4C(O3)C([C@H](O)CO)[C@@H]4O)C(O)C(O)C2O)C(O)C1NC(C)=O. The van der Waals surface area contributed by atoms with Crippen molar-refractivity contribution < 1.29 is 89.1 Å². The highest BCUT2D eigenvalue weighted by molar-refractivity contribution is 5.76. The summed E-state index contributed by atoms with van der Waals surface area (Å²) in [7, 11) is 0. The Labute approximate surface area is 326 Å². The van der Waals surface area contributed by atoms with E-state index in [-0.39, 0.29) is 12.5 Å². The van der Waals surface area contributed by atoms with Crippen LogP contribution in [-0.2, 0) is 38.0 Å². The fraction of sp³-hybridized carbons (Fsp3) is 0.946. The molecule has 4 rings (SSSR count). The number of aliphatic hydroxyl groups excluding tert-OH is 9. The van der Waals surface area contributed by atoms with Crippen molar-refractivity contribution in [3.05, 3.63) is 0 Å². The van der Waals surface area contributed by atoms with Crippen LogP contribution in [0, 0.1) is 17.8 Å². The van der Waals surface area contributed by atoms with Crippen LogP contribution in [0.5, 0.6) is 0 Å². The molecule has 18 atom stereocenters. The standard InChI is InChI=1S/C37H65NO18/c1-4-5-6-7-8-9-10-11-12-18(2)16-51-34-26(38-19(3)41)29(46)32(22(15-40)53-34)55-35-31(48)30(47)27(44)23(54-35)17-52-37(36(49)50)13-20(42)24-28(45)25(21(43)14-39)33(24)56-37/h18,20-35,39-40,42-48H,4-17H2,1-3H3,(H,38,41)(H,49,50)/t18?,20-,21-,22?,23?,24?,25?,26?,27?,28-,29?,30?,31?,32?,33?,34?,35?,37-/m1/s1. The third kappa shape index (κ3) is 11.1. The Hall–Kier alpha value is -1.66. The van der Waals surface area contributed by atoms with E-state index in [9.17, 15) is 60.7 Å². The number of nitrogens with one attached hydrogen (secondary N) is 1. The molecule has 0 aromatic rings. The van der Waals surface area contributed by atoms with Gasteiger partial charge in [0.2, 0.25) is 5.91 Å². The lowest BCUT2D eigenvalue weighted by Gasteiger charge is -2.58. The van der Waals surface area contributed by atoms with E-state index in [0.29, 0.717) is 0 Å². The summed E-state index contributed by atoms with van der Waals surface area (Å²) < 4.78 is 34.9. The maximum absolute atomic E-state index is 12.5. The molecular formula is C37H65NO18. The van der Waals surface area contributed by atoms with Gasteiger partial charge in [0.25, 0.3) is 5.79 Å². The molecule has 19 heteroatoms. The molecule has 11 N–H and O–H groups in total. The van der Waals surface area contributed by atoms with Crippen LogP contribution in [0.4, 0.5) is 0 Å². The molecule has 1 saturated carbocycles. The number of amides is 1. The van der Waals surface area contributed by atoms with Gasteiger partial charge < -0.3 is 84.8 Å². The van der Waals surface area contributed by atoms with Crippen molar-refractivity contribution in [3.63, 3.8) is 0 Å². The van der Waals surface area contributed by atoms with Crippen molar-refractivity contribution in [1.82, 2.24) is 5.32 Å². The van der Waals surface area contributed by atoms with Gasteiger partial charge in [-0.15, -0.1) is 0 Å². The average Bonchev–Trinajstić information content (AvgIpc) is 3.15. The minimum absolute atomic E-state index is 0.117. The number of fused-ring (bicyclic) bond motifs is 1. The van der Waals surface area contributed by atoms with Gasteiger partial charge in [0.15, 0.2) is 12.6 Å². The Morgan fingerprint density at radius 1 is 0.857 bits per heavy atom. The molecular weight excluding hydrogens is 746 g/mol. The van der Waals surface area contributed by atoms with Gasteiger partial charge in [0.1, 0.15) is 48.8 Å². The monoisotopic (exact) mass is 811 g/mol. The Bertz CT molecular complexity index is 1220. The summed E-state index contributed by atoms with van der Waals surface area (Å²) >= 11 is 0. The Kier molecular flexibility index (Phi) is 18.1. The van der Waals surface area contributed by atoms with Gasteiger partial charge in [-0.05, 0) is 12.3 Å². The molecule has 4 aliphatic rings. The molecule has 3 heterocycles. The van der Waals surface area contributed by atoms with Crippen molar-refractivity contribution >= 4 is 11.9 Å². The van der Waals surface area contributed by atoms with Crippen LogP contribution < -0.4 is 5.32 Å². The molecule has 56 heavy (non-hydrogen) atoms. The third-order valence-electron chi connectivity index (χ3n) is 11.5. The average molecular weight is 812 g/mol. The van der Waals surface area contributed by atoms with E-state index in [1.54, 1.807) is 0 Å². The van der Waals surface area contributed by atoms with Crippen LogP contribution in [-0.4, -0.2) is 181 Å². The van der Waals surface area contributed by atoms with Gasteiger partial charge in [-0.1, -0.05) is 65.2 Å². The Morgan fingerprint density at radius 2 is 1.50 bits per heavy atom. The first-order valence-electron chi connectivity index (χ1n) is 20.0.